The largest absolute Gasteiger partial charge is 0.493 e. The van der Waals surface area contributed by atoms with Gasteiger partial charge in [0.1, 0.15) is 23.9 Å². The average molecular weight is 303 g/mol. The summed E-state index contributed by atoms with van der Waals surface area (Å²) in [6, 6.07) is 15.2. The molecule has 0 aromatic heterocycles. The van der Waals surface area contributed by atoms with Crippen LogP contribution in [-0.4, -0.2) is 25.7 Å². The Labute approximate surface area is 128 Å². The number of nitrogens with one attached hydrogen (secondary N) is 1. The van der Waals surface area contributed by atoms with Gasteiger partial charge < -0.3 is 14.8 Å². The number of carbonyl (C=O) groups excluding carboxylic acids is 1. The molecule has 4 nitrogen and oxygen atoms in total. The molecule has 0 aliphatic heterocycles. The third-order valence-electron chi connectivity index (χ3n) is 2.83. The van der Waals surface area contributed by atoms with Crippen molar-refractivity contribution in [2.24, 2.45) is 0 Å². The lowest BCUT2D eigenvalue weighted by Crippen LogP contribution is -2.29. The summed E-state index contributed by atoms with van der Waals surface area (Å²) in [4.78, 5) is 11.6. The Bertz CT molecular complexity index is 589. The first kappa shape index (κ1) is 15.8. The zero-order chi connectivity index (χ0) is 15.6. The van der Waals surface area contributed by atoms with Crippen LogP contribution in [0.5, 0.6) is 11.5 Å². The van der Waals surface area contributed by atoms with E-state index in [0.29, 0.717) is 18.9 Å². The highest BCUT2D eigenvalue weighted by molar-refractivity contribution is 5.75. The van der Waals surface area contributed by atoms with Gasteiger partial charge in [0, 0.05) is 6.07 Å². The van der Waals surface area contributed by atoms with Crippen LogP contribution in [-0.2, 0) is 4.79 Å². The van der Waals surface area contributed by atoms with Gasteiger partial charge in [-0.2, -0.15) is 0 Å². The zero-order valence-corrected chi connectivity index (χ0v) is 12.1. The van der Waals surface area contributed by atoms with Crippen molar-refractivity contribution in [2.45, 2.75) is 6.42 Å². The van der Waals surface area contributed by atoms with E-state index in [1.54, 1.807) is 12.1 Å². The monoisotopic (exact) mass is 303 g/mol. The lowest BCUT2D eigenvalue weighted by molar-refractivity contribution is -0.121. The molecular formula is C17H18FNO3. The van der Waals surface area contributed by atoms with Gasteiger partial charge in [-0.05, 0) is 24.3 Å². The quantitative estimate of drug-likeness (QED) is 0.763. The molecule has 2 rings (SSSR count). The Morgan fingerprint density at radius 1 is 0.955 bits per heavy atom. The number of rotatable bonds is 8. The van der Waals surface area contributed by atoms with E-state index in [9.17, 15) is 9.18 Å². The molecule has 2 aromatic carbocycles. The molecule has 116 valence electrons. The van der Waals surface area contributed by atoms with Gasteiger partial charge in [-0.1, -0.05) is 24.3 Å². The molecule has 1 amide bonds. The number of benzene rings is 2. The van der Waals surface area contributed by atoms with Crippen LogP contribution in [0.1, 0.15) is 6.42 Å². The van der Waals surface area contributed by atoms with Crippen molar-refractivity contribution >= 4 is 5.91 Å². The third kappa shape index (κ3) is 5.83. The molecule has 1 N–H and O–H groups in total. The Morgan fingerprint density at radius 3 is 2.45 bits per heavy atom. The predicted molar refractivity (Wildman–Crippen MR) is 81.5 cm³/mol. The first-order valence-electron chi connectivity index (χ1n) is 7.07. The number of amides is 1. The Kier molecular flexibility index (Phi) is 6.23. The Balaban J connectivity index is 1.56. The summed E-state index contributed by atoms with van der Waals surface area (Å²) in [7, 11) is 0. The van der Waals surface area contributed by atoms with Gasteiger partial charge in [0.15, 0.2) is 0 Å². The van der Waals surface area contributed by atoms with E-state index in [-0.39, 0.29) is 24.8 Å². The zero-order valence-electron chi connectivity index (χ0n) is 12.1. The van der Waals surface area contributed by atoms with Crippen LogP contribution in [0.4, 0.5) is 4.39 Å². The minimum absolute atomic E-state index is 0.112. The third-order valence-corrected chi connectivity index (χ3v) is 2.83. The number of carbonyl (C=O) groups is 1. The maximum Gasteiger partial charge on any atom is 0.223 e. The molecule has 0 spiro atoms. The Morgan fingerprint density at radius 2 is 1.68 bits per heavy atom. The molecule has 0 saturated heterocycles. The van der Waals surface area contributed by atoms with E-state index in [4.69, 9.17) is 9.47 Å². The molecule has 0 fully saturated rings. The van der Waals surface area contributed by atoms with Gasteiger partial charge in [-0.3, -0.25) is 4.79 Å². The maximum atomic E-state index is 12.9. The lowest BCUT2D eigenvalue weighted by atomic mass is 10.3. The summed E-state index contributed by atoms with van der Waals surface area (Å²) < 4.78 is 23.7. The molecular weight excluding hydrogens is 285 g/mol. The second kappa shape index (κ2) is 8.67. The summed E-state index contributed by atoms with van der Waals surface area (Å²) >= 11 is 0. The minimum Gasteiger partial charge on any atom is -0.493 e. The molecule has 5 heteroatoms. The number of ether oxygens (including phenoxy) is 2. The summed E-state index contributed by atoms with van der Waals surface area (Å²) in [5.74, 6) is 0.727. The average Bonchev–Trinajstić information content (AvgIpc) is 2.53. The molecule has 0 atom stereocenters. The first-order valence-corrected chi connectivity index (χ1v) is 7.07. The van der Waals surface area contributed by atoms with Gasteiger partial charge in [-0.25, -0.2) is 4.39 Å². The summed E-state index contributed by atoms with van der Waals surface area (Å²) in [5, 5.41) is 2.72. The second-order valence-electron chi connectivity index (χ2n) is 4.57. The second-order valence-corrected chi connectivity index (χ2v) is 4.57. The topological polar surface area (TPSA) is 47.6 Å². The van der Waals surface area contributed by atoms with Crippen molar-refractivity contribution in [1.82, 2.24) is 5.32 Å². The smallest absolute Gasteiger partial charge is 0.223 e. The van der Waals surface area contributed by atoms with E-state index in [1.807, 2.05) is 30.3 Å². The summed E-state index contributed by atoms with van der Waals surface area (Å²) in [6.07, 6.45) is 0.273. The molecule has 22 heavy (non-hydrogen) atoms. The van der Waals surface area contributed by atoms with Crippen molar-refractivity contribution < 1.29 is 18.7 Å². The van der Waals surface area contributed by atoms with Crippen molar-refractivity contribution in [3.8, 4) is 11.5 Å². The van der Waals surface area contributed by atoms with E-state index in [1.165, 1.54) is 12.1 Å². The van der Waals surface area contributed by atoms with Crippen LogP contribution >= 0.6 is 0 Å². The molecule has 0 heterocycles. The van der Waals surface area contributed by atoms with Gasteiger partial charge in [0.25, 0.3) is 0 Å². The fourth-order valence-electron chi connectivity index (χ4n) is 1.78. The van der Waals surface area contributed by atoms with Crippen molar-refractivity contribution in [3.63, 3.8) is 0 Å². The number of para-hydroxylation sites is 1. The van der Waals surface area contributed by atoms with Gasteiger partial charge in [0.2, 0.25) is 5.91 Å². The standard InChI is InChI=1S/C17H18FNO3/c18-14-5-4-8-16(13-14)22-12-10-19-17(20)9-11-21-15-6-2-1-3-7-15/h1-8,13H,9-12H2,(H,19,20). The molecule has 0 aliphatic rings. The number of hydrogen-bond acceptors (Lipinski definition) is 3. The SMILES string of the molecule is O=C(CCOc1ccccc1)NCCOc1cccc(F)c1. The van der Waals surface area contributed by atoms with E-state index < -0.39 is 0 Å². The lowest BCUT2D eigenvalue weighted by Gasteiger charge is -2.08. The van der Waals surface area contributed by atoms with Gasteiger partial charge >= 0.3 is 0 Å². The van der Waals surface area contributed by atoms with E-state index in [2.05, 4.69) is 5.32 Å². The van der Waals surface area contributed by atoms with Crippen molar-refractivity contribution in [1.29, 1.82) is 0 Å². The molecule has 0 saturated carbocycles. The van der Waals surface area contributed by atoms with Crippen molar-refractivity contribution in [3.05, 3.63) is 60.4 Å². The van der Waals surface area contributed by atoms with Gasteiger partial charge in [-0.15, -0.1) is 0 Å². The highest BCUT2D eigenvalue weighted by Crippen LogP contribution is 2.11. The molecule has 2 aromatic rings. The molecule has 0 aliphatic carbocycles. The number of hydrogen-bond donors (Lipinski definition) is 1. The van der Waals surface area contributed by atoms with Crippen molar-refractivity contribution in [2.75, 3.05) is 19.8 Å². The maximum absolute atomic E-state index is 12.9. The van der Waals surface area contributed by atoms with Crippen LogP contribution in [0.3, 0.4) is 0 Å². The molecule has 0 unspecified atom stereocenters. The normalized spacial score (nSPS) is 10.0. The van der Waals surface area contributed by atoms with Crippen LogP contribution in [0.2, 0.25) is 0 Å². The highest BCUT2D eigenvalue weighted by atomic mass is 19.1. The van der Waals surface area contributed by atoms with Crippen LogP contribution in [0.25, 0.3) is 0 Å². The number of halogens is 1. The fraction of sp³-hybridized carbons (Fsp3) is 0.235. The van der Waals surface area contributed by atoms with Crippen LogP contribution in [0, 0.1) is 5.82 Å². The highest BCUT2D eigenvalue weighted by Gasteiger charge is 2.02. The van der Waals surface area contributed by atoms with Crippen LogP contribution < -0.4 is 14.8 Å². The first-order chi connectivity index (χ1) is 10.7. The van der Waals surface area contributed by atoms with Crippen LogP contribution in [0.15, 0.2) is 54.6 Å². The molecule has 0 radical (unpaired) electrons. The van der Waals surface area contributed by atoms with E-state index in [0.717, 1.165) is 5.75 Å². The minimum atomic E-state index is -0.348. The Hall–Kier alpha value is -2.56. The van der Waals surface area contributed by atoms with E-state index >= 15 is 0 Å². The predicted octanol–water partition coefficient (Wildman–Crippen LogP) is 2.79. The fourth-order valence-corrected chi connectivity index (χ4v) is 1.78. The molecule has 0 bridgehead atoms. The summed E-state index contributed by atoms with van der Waals surface area (Å²) in [6.45, 7) is 0.968. The summed E-state index contributed by atoms with van der Waals surface area (Å²) in [5.41, 5.74) is 0. The van der Waals surface area contributed by atoms with Gasteiger partial charge in [0.05, 0.1) is 19.6 Å².